The predicted octanol–water partition coefficient (Wildman–Crippen LogP) is 3.47. The second kappa shape index (κ2) is 7.67. The molecule has 0 radical (unpaired) electrons. The van der Waals surface area contributed by atoms with E-state index < -0.39 is 0 Å². The number of halogens is 2. The molecule has 1 atom stereocenters. The van der Waals surface area contributed by atoms with E-state index in [1.54, 1.807) is 0 Å². The van der Waals surface area contributed by atoms with E-state index in [2.05, 4.69) is 22.9 Å². The first kappa shape index (κ1) is 14.5. The Kier molecular flexibility index (Phi) is 6.52. The Morgan fingerprint density at radius 1 is 1.47 bits per heavy atom. The van der Waals surface area contributed by atoms with Gasteiger partial charge in [0.25, 0.3) is 0 Å². The molecule has 1 unspecified atom stereocenters. The van der Waals surface area contributed by atoms with Crippen molar-refractivity contribution in [1.29, 1.82) is 0 Å². The van der Waals surface area contributed by atoms with E-state index in [-0.39, 0.29) is 12.7 Å². The second-order valence-corrected chi connectivity index (χ2v) is 4.85. The molecule has 0 saturated heterocycles. The first-order valence-electron chi connectivity index (χ1n) is 5.90. The molecule has 0 aliphatic rings. The average Bonchev–Trinajstić information content (AvgIpc) is 2.32. The van der Waals surface area contributed by atoms with E-state index in [0.717, 1.165) is 28.6 Å². The SMILES string of the molecule is CCC(N)Cc1cccc(Br)c1OCCCF. The van der Waals surface area contributed by atoms with Crippen LogP contribution in [0.3, 0.4) is 0 Å². The van der Waals surface area contributed by atoms with Gasteiger partial charge in [-0.2, -0.15) is 0 Å². The molecular formula is C13H19BrFNO. The van der Waals surface area contributed by atoms with Gasteiger partial charge in [-0.3, -0.25) is 4.39 Å². The van der Waals surface area contributed by atoms with Crippen molar-refractivity contribution in [2.75, 3.05) is 13.3 Å². The lowest BCUT2D eigenvalue weighted by Crippen LogP contribution is -2.21. The zero-order valence-corrected chi connectivity index (χ0v) is 11.7. The highest BCUT2D eigenvalue weighted by atomic mass is 79.9. The van der Waals surface area contributed by atoms with Crippen LogP contribution in [0.1, 0.15) is 25.3 Å². The largest absolute Gasteiger partial charge is 0.492 e. The summed E-state index contributed by atoms with van der Waals surface area (Å²) in [5, 5.41) is 0. The molecular weight excluding hydrogens is 285 g/mol. The second-order valence-electron chi connectivity index (χ2n) is 3.99. The molecule has 4 heteroatoms. The van der Waals surface area contributed by atoms with E-state index in [1.807, 2.05) is 18.2 Å². The van der Waals surface area contributed by atoms with E-state index in [0.29, 0.717) is 13.0 Å². The van der Waals surface area contributed by atoms with Gasteiger partial charge >= 0.3 is 0 Å². The summed E-state index contributed by atoms with van der Waals surface area (Å²) in [6.07, 6.45) is 2.12. The first-order chi connectivity index (χ1) is 8.19. The van der Waals surface area contributed by atoms with Gasteiger partial charge < -0.3 is 10.5 Å². The molecule has 0 aliphatic heterocycles. The van der Waals surface area contributed by atoms with Crippen molar-refractivity contribution in [2.45, 2.75) is 32.2 Å². The molecule has 96 valence electrons. The standard InChI is InChI=1S/C13H19BrFNO/c1-2-11(16)9-10-5-3-6-12(14)13(10)17-8-4-7-15/h3,5-6,11H,2,4,7-9,16H2,1H3. The minimum absolute atomic E-state index is 0.132. The van der Waals surface area contributed by atoms with Crippen molar-refractivity contribution in [3.8, 4) is 5.75 Å². The summed E-state index contributed by atoms with van der Waals surface area (Å²) in [5.74, 6) is 0.796. The molecule has 0 amide bonds. The third-order valence-corrected chi connectivity index (χ3v) is 3.20. The molecule has 0 spiro atoms. The van der Waals surface area contributed by atoms with Gasteiger partial charge in [-0.25, -0.2) is 0 Å². The smallest absolute Gasteiger partial charge is 0.136 e. The third kappa shape index (κ3) is 4.64. The molecule has 2 N–H and O–H groups in total. The Morgan fingerprint density at radius 2 is 2.24 bits per heavy atom. The summed E-state index contributed by atoms with van der Waals surface area (Å²) in [6.45, 7) is 2.11. The monoisotopic (exact) mass is 303 g/mol. The van der Waals surface area contributed by atoms with E-state index >= 15 is 0 Å². The van der Waals surface area contributed by atoms with Crippen LogP contribution < -0.4 is 10.5 Å². The zero-order chi connectivity index (χ0) is 12.7. The predicted molar refractivity (Wildman–Crippen MR) is 72.2 cm³/mol. The van der Waals surface area contributed by atoms with Gasteiger partial charge in [0.2, 0.25) is 0 Å². The number of hydrogen-bond donors (Lipinski definition) is 1. The van der Waals surface area contributed by atoms with Crippen molar-refractivity contribution < 1.29 is 9.13 Å². The van der Waals surface area contributed by atoms with Crippen molar-refractivity contribution in [3.05, 3.63) is 28.2 Å². The van der Waals surface area contributed by atoms with Gasteiger partial charge in [0.1, 0.15) is 5.75 Å². The lowest BCUT2D eigenvalue weighted by atomic mass is 10.0. The topological polar surface area (TPSA) is 35.2 Å². The highest BCUT2D eigenvalue weighted by molar-refractivity contribution is 9.10. The van der Waals surface area contributed by atoms with Crippen LogP contribution in [0.5, 0.6) is 5.75 Å². The molecule has 1 rings (SSSR count). The highest BCUT2D eigenvalue weighted by Gasteiger charge is 2.10. The van der Waals surface area contributed by atoms with Gasteiger partial charge in [-0.15, -0.1) is 0 Å². The number of hydrogen-bond acceptors (Lipinski definition) is 2. The lowest BCUT2D eigenvalue weighted by molar-refractivity contribution is 0.285. The molecule has 0 aromatic heterocycles. The molecule has 0 saturated carbocycles. The molecule has 2 nitrogen and oxygen atoms in total. The number of para-hydroxylation sites is 1. The maximum absolute atomic E-state index is 12.0. The first-order valence-corrected chi connectivity index (χ1v) is 6.70. The molecule has 0 heterocycles. The van der Waals surface area contributed by atoms with Crippen LogP contribution in [-0.4, -0.2) is 19.3 Å². The summed E-state index contributed by atoms with van der Waals surface area (Å²) in [6, 6.07) is 6.02. The summed E-state index contributed by atoms with van der Waals surface area (Å²) >= 11 is 3.45. The fraction of sp³-hybridized carbons (Fsp3) is 0.538. The fourth-order valence-corrected chi connectivity index (χ4v) is 2.05. The van der Waals surface area contributed by atoms with Crippen molar-refractivity contribution in [1.82, 2.24) is 0 Å². The Balaban J connectivity index is 2.76. The molecule has 1 aromatic carbocycles. The minimum atomic E-state index is -0.353. The summed E-state index contributed by atoms with van der Waals surface area (Å²) in [5.41, 5.74) is 7.02. The molecule has 0 bridgehead atoms. The van der Waals surface area contributed by atoms with Gasteiger partial charge in [0.05, 0.1) is 17.8 Å². The normalized spacial score (nSPS) is 12.5. The third-order valence-electron chi connectivity index (χ3n) is 2.58. The van der Waals surface area contributed by atoms with Crippen LogP contribution in [0, 0.1) is 0 Å². The number of nitrogens with two attached hydrogens (primary N) is 1. The Morgan fingerprint density at radius 3 is 2.88 bits per heavy atom. The van der Waals surface area contributed by atoms with Crippen LogP contribution in [0.15, 0.2) is 22.7 Å². The van der Waals surface area contributed by atoms with Gasteiger partial charge in [0.15, 0.2) is 0 Å². The Bertz CT molecular complexity index is 346. The highest BCUT2D eigenvalue weighted by Crippen LogP contribution is 2.30. The molecule has 1 aromatic rings. The van der Waals surface area contributed by atoms with Crippen LogP contribution >= 0.6 is 15.9 Å². The molecule has 0 aliphatic carbocycles. The number of rotatable bonds is 7. The summed E-state index contributed by atoms with van der Waals surface area (Å²) in [7, 11) is 0. The van der Waals surface area contributed by atoms with E-state index in [1.165, 1.54) is 0 Å². The van der Waals surface area contributed by atoms with Gasteiger partial charge in [0, 0.05) is 12.5 Å². The number of alkyl halides is 1. The van der Waals surface area contributed by atoms with Crippen LogP contribution in [0.4, 0.5) is 4.39 Å². The quantitative estimate of drug-likeness (QED) is 0.783. The van der Waals surface area contributed by atoms with Crippen LogP contribution in [0.2, 0.25) is 0 Å². The van der Waals surface area contributed by atoms with Crippen molar-refractivity contribution in [3.63, 3.8) is 0 Å². The maximum Gasteiger partial charge on any atom is 0.136 e. The molecule has 17 heavy (non-hydrogen) atoms. The summed E-state index contributed by atoms with van der Waals surface area (Å²) in [4.78, 5) is 0. The van der Waals surface area contributed by atoms with Gasteiger partial charge in [-0.05, 0) is 40.4 Å². The average molecular weight is 304 g/mol. The van der Waals surface area contributed by atoms with E-state index in [9.17, 15) is 4.39 Å². The zero-order valence-electron chi connectivity index (χ0n) is 10.1. The van der Waals surface area contributed by atoms with Crippen molar-refractivity contribution >= 4 is 15.9 Å². The van der Waals surface area contributed by atoms with Gasteiger partial charge in [-0.1, -0.05) is 19.1 Å². The Labute approximate surface area is 110 Å². The minimum Gasteiger partial charge on any atom is -0.492 e. The summed E-state index contributed by atoms with van der Waals surface area (Å²) < 4.78 is 18.6. The number of benzene rings is 1. The maximum atomic E-state index is 12.0. The number of ether oxygens (including phenoxy) is 1. The Hall–Kier alpha value is -0.610. The lowest BCUT2D eigenvalue weighted by Gasteiger charge is -2.15. The van der Waals surface area contributed by atoms with Crippen LogP contribution in [-0.2, 0) is 6.42 Å². The van der Waals surface area contributed by atoms with Crippen molar-refractivity contribution in [2.24, 2.45) is 5.73 Å². The van der Waals surface area contributed by atoms with Crippen LogP contribution in [0.25, 0.3) is 0 Å². The fourth-order valence-electron chi connectivity index (χ4n) is 1.53. The van der Waals surface area contributed by atoms with E-state index in [4.69, 9.17) is 10.5 Å². The molecule has 0 fully saturated rings.